The molecular weight excluding hydrogens is 264 g/mol. The summed E-state index contributed by atoms with van der Waals surface area (Å²) in [5.41, 5.74) is 2.97. The molecule has 0 spiro atoms. The molecule has 2 rings (SSSR count). The Labute approximate surface area is 125 Å². The Morgan fingerprint density at radius 2 is 1.86 bits per heavy atom. The second-order valence-corrected chi connectivity index (χ2v) is 4.96. The number of hydrogen-bond donors (Lipinski definition) is 2. The van der Waals surface area contributed by atoms with Crippen LogP contribution < -0.4 is 15.4 Å². The van der Waals surface area contributed by atoms with Crippen LogP contribution in [-0.2, 0) is 0 Å². The van der Waals surface area contributed by atoms with Gasteiger partial charge in [-0.05, 0) is 31.5 Å². The van der Waals surface area contributed by atoms with E-state index in [0.717, 1.165) is 5.56 Å². The van der Waals surface area contributed by atoms with Crippen LogP contribution in [0.3, 0.4) is 0 Å². The van der Waals surface area contributed by atoms with Gasteiger partial charge in [-0.1, -0.05) is 35.9 Å². The number of carbonyl (C=O) groups excluding carboxylic acids is 1. The highest BCUT2D eigenvalue weighted by Crippen LogP contribution is 2.17. The summed E-state index contributed by atoms with van der Waals surface area (Å²) in [7, 11) is 1.60. The van der Waals surface area contributed by atoms with Crippen LogP contribution in [0.15, 0.2) is 48.5 Å². The van der Waals surface area contributed by atoms with Crippen molar-refractivity contribution in [1.29, 1.82) is 0 Å². The Morgan fingerprint density at radius 3 is 2.52 bits per heavy atom. The number of amides is 2. The molecule has 2 amide bonds. The molecule has 2 aromatic carbocycles. The molecule has 0 radical (unpaired) electrons. The lowest BCUT2D eigenvalue weighted by Crippen LogP contribution is -2.31. The van der Waals surface area contributed by atoms with Crippen LogP contribution in [-0.4, -0.2) is 13.1 Å². The van der Waals surface area contributed by atoms with Gasteiger partial charge in [0, 0.05) is 11.8 Å². The van der Waals surface area contributed by atoms with E-state index in [9.17, 15) is 4.79 Å². The molecule has 1 unspecified atom stereocenters. The third-order valence-corrected chi connectivity index (χ3v) is 3.25. The number of carbonyl (C=O) groups is 1. The maximum absolute atomic E-state index is 12.0. The van der Waals surface area contributed by atoms with Crippen LogP contribution in [0, 0.1) is 6.92 Å². The highest BCUT2D eigenvalue weighted by atomic mass is 16.5. The predicted octanol–water partition coefficient (Wildman–Crippen LogP) is 3.89. The van der Waals surface area contributed by atoms with Gasteiger partial charge in [0.1, 0.15) is 5.75 Å². The topological polar surface area (TPSA) is 50.4 Å². The van der Waals surface area contributed by atoms with Gasteiger partial charge in [-0.3, -0.25) is 0 Å². The summed E-state index contributed by atoms with van der Waals surface area (Å²) < 4.78 is 5.13. The molecule has 1 atom stereocenters. The van der Waals surface area contributed by atoms with E-state index in [2.05, 4.69) is 10.6 Å². The quantitative estimate of drug-likeness (QED) is 0.895. The van der Waals surface area contributed by atoms with Crippen LogP contribution >= 0.6 is 0 Å². The van der Waals surface area contributed by atoms with E-state index in [4.69, 9.17) is 4.74 Å². The lowest BCUT2D eigenvalue weighted by atomic mass is 10.1. The molecule has 0 saturated carbocycles. The summed E-state index contributed by atoms with van der Waals surface area (Å²) in [5.74, 6) is 0.708. The van der Waals surface area contributed by atoms with Crippen molar-refractivity contribution >= 4 is 11.7 Å². The Kier molecular flexibility index (Phi) is 4.82. The molecule has 0 aliphatic rings. The molecule has 0 aliphatic carbocycles. The molecule has 110 valence electrons. The van der Waals surface area contributed by atoms with Crippen LogP contribution in [0.25, 0.3) is 0 Å². The first-order valence-corrected chi connectivity index (χ1v) is 6.86. The standard InChI is InChI=1S/C17H20N2O2/c1-12-7-9-14(10-8-12)13(2)18-17(20)19-15-5-4-6-16(11-15)21-3/h4-11,13H,1-3H3,(H2,18,19,20). The van der Waals surface area contributed by atoms with Crippen molar-refractivity contribution in [3.05, 3.63) is 59.7 Å². The van der Waals surface area contributed by atoms with Crippen molar-refractivity contribution in [1.82, 2.24) is 5.32 Å². The monoisotopic (exact) mass is 284 g/mol. The molecule has 0 aliphatic heterocycles. The number of ether oxygens (including phenoxy) is 1. The fourth-order valence-corrected chi connectivity index (χ4v) is 2.00. The molecule has 0 aromatic heterocycles. The number of aryl methyl sites for hydroxylation is 1. The van der Waals surface area contributed by atoms with Gasteiger partial charge in [-0.25, -0.2) is 4.79 Å². The third-order valence-electron chi connectivity index (χ3n) is 3.25. The lowest BCUT2D eigenvalue weighted by Gasteiger charge is -2.15. The van der Waals surface area contributed by atoms with E-state index in [1.165, 1.54) is 5.56 Å². The van der Waals surface area contributed by atoms with E-state index in [0.29, 0.717) is 11.4 Å². The normalized spacial score (nSPS) is 11.6. The fourth-order valence-electron chi connectivity index (χ4n) is 2.00. The molecule has 2 aromatic rings. The van der Waals surface area contributed by atoms with Crippen molar-refractivity contribution in [2.24, 2.45) is 0 Å². The molecule has 21 heavy (non-hydrogen) atoms. The highest BCUT2D eigenvalue weighted by Gasteiger charge is 2.09. The fraction of sp³-hybridized carbons (Fsp3) is 0.235. The van der Waals surface area contributed by atoms with Gasteiger partial charge in [-0.15, -0.1) is 0 Å². The molecule has 0 fully saturated rings. The second kappa shape index (κ2) is 6.79. The average molecular weight is 284 g/mol. The molecule has 0 heterocycles. The zero-order chi connectivity index (χ0) is 15.2. The molecule has 0 saturated heterocycles. The number of methoxy groups -OCH3 is 1. The van der Waals surface area contributed by atoms with Crippen molar-refractivity contribution in [3.63, 3.8) is 0 Å². The summed E-state index contributed by atoms with van der Waals surface area (Å²) >= 11 is 0. The Morgan fingerprint density at radius 1 is 1.14 bits per heavy atom. The zero-order valence-electron chi connectivity index (χ0n) is 12.5. The van der Waals surface area contributed by atoms with E-state index in [1.807, 2.05) is 56.3 Å². The van der Waals surface area contributed by atoms with Crippen molar-refractivity contribution in [2.75, 3.05) is 12.4 Å². The van der Waals surface area contributed by atoms with Gasteiger partial charge in [0.25, 0.3) is 0 Å². The molecule has 2 N–H and O–H groups in total. The van der Waals surface area contributed by atoms with Gasteiger partial charge in [0.05, 0.1) is 13.2 Å². The predicted molar refractivity (Wildman–Crippen MR) is 84.7 cm³/mol. The van der Waals surface area contributed by atoms with Gasteiger partial charge in [0.2, 0.25) is 0 Å². The number of urea groups is 1. The summed E-state index contributed by atoms with van der Waals surface area (Å²) in [5, 5.41) is 5.71. The summed E-state index contributed by atoms with van der Waals surface area (Å²) in [6, 6.07) is 15.1. The van der Waals surface area contributed by atoms with Crippen molar-refractivity contribution < 1.29 is 9.53 Å². The van der Waals surface area contributed by atoms with Gasteiger partial charge >= 0.3 is 6.03 Å². The molecular formula is C17H20N2O2. The zero-order valence-corrected chi connectivity index (χ0v) is 12.5. The summed E-state index contributed by atoms with van der Waals surface area (Å²) in [4.78, 5) is 12.0. The average Bonchev–Trinajstić information content (AvgIpc) is 2.47. The first kappa shape index (κ1) is 14.9. The number of benzene rings is 2. The van der Waals surface area contributed by atoms with Crippen LogP contribution in [0.4, 0.5) is 10.5 Å². The van der Waals surface area contributed by atoms with E-state index in [1.54, 1.807) is 13.2 Å². The minimum atomic E-state index is -0.240. The largest absolute Gasteiger partial charge is 0.497 e. The maximum atomic E-state index is 12.0. The Bertz CT molecular complexity index is 608. The Balaban J connectivity index is 1.96. The molecule has 0 bridgehead atoms. The highest BCUT2D eigenvalue weighted by molar-refractivity contribution is 5.89. The van der Waals surface area contributed by atoms with Crippen LogP contribution in [0.2, 0.25) is 0 Å². The first-order valence-electron chi connectivity index (χ1n) is 6.86. The minimum Gasteiger partial charge on any atom is -0.497 e. The molecule has 4 nitrogen and oxygen atoms in total. The van der Waals surface area contributed by atoms with Crippen LogP contribution in [0.1, 0.15) is 24.1 Å². The summed E-state index contributed by atoms with van der Waals surface area (Å²) in [6.45, 7) is 3.99. The minimum absolute atomic E-state index is 0.0591. The van der Waals surface area contributed by atoms with Gasteiger partial charge < -0.3 is 15.4 Å². The van der Waals surface area contributed by atoms with Crippen molar-refractivity contribution in [2.45, 2.75) is 19.9 Å². The SMILES string of the molecule is COc1cccc(NC(=O)NC(C)c2ccc(C)cc2)c1. The van der Waals surface area contributed by atoms with E-state index >= 15 is 0 Å². The second-order valence-electron chi connectivity index (χ2n) is 4.96. The molecule has 4 heteroatoms. The Hall–Kier alpha value is -2.49. The summed E-state index contributed by atoms with van der Waals surface area (Å²) in [6.07, 6.45) is 0. The van der Waals surface area contributed by atoms with E-state index in [-0.39, 0.29) is 12.1 Å². The lowest BCUT2D eigenvalue weighted by molar-refractivity contribution is 0.249. The van der Waals surface area contributed by atoms with Crippen LogP contribution in [0.5, 0.6) is 5.75 Å². The number of nitrogens with one attached hydrogen (secondary N) is 2. The number of rotatable bonds is 4. The smallest absolute Gasteiger partial charge is 0.319 e. The van der Waals surface area contributed by atoms with Gasteiger partial charge in [0.15, 0.2) is 0 Å². The number of anilines is 1. The van der Waals surface area contributed by atoms with Gasteiger partial charge in [-0.2, -0.15) is 0 Å². The van der Waals surface area contributed by atoms with Crippen molar-refractivity contribution in [3.8, 4) is 5.75 Å². The number of hydrogen-bond acceptors (Lipinski definition) is 2. The first-order chi connectivity index (χ1) is 10.1. The third kappa shape index (κ3) is 4.24. The maximum Gasteiger partial charge on any atom is 0.319 e. The van der Waals surface area contributed by atoms with E-state index < -0.39 is 0 Å².